The minimum absolute atomic E-state index is 0. The molecule has 0 bridgehead atoms. The summed E-state index contributed by atoms with van der Waals surface area (Å²) in [5.74, 6) is 1.39. The van der Waals surface area contributed by atoms with E-state index in [2.05, 4.69) is 26.9 Å². The number of hydrogen-bond acceptors (Lipinski definition) is 6. The number of aromatic nitrogens is 4. The molecule has 166 valence electrons. The molecule has 4 aromatic rings. The molecule has 0 radical (unpaired) electrons. The van der Waals surface area contributed by atoms with Crippen molar-refractivity contribution in [3.63, 3.8) is 0 Å². The maximum Gasteiger partial charge on any atom is 0.214 e. The predicted molar refractivity (Wildman–Crippen MR) is 119 cm³/mol. The van der Waals surface area contributed by atoms with E-state index in [0.29, 0.717) is 6.61 Å². The minimum atomic E-state index is -0.244. The number of tetrazole rings is 1. The first kappa shape index (κ1) is 23.7. The molecule has 1 N–H and O–H groups in total. The summed E-state index contributed by atoms with van der Waals surface area (Å²) in [6.07, 6.45) is 0. The van der Waals surface area contributed by atoms with Gasteiger partial charge in [-0.05, 0) is 58.0 Å². The van der Waals surface area contributed by atoms with Crippen molar-refractivity contribution in [2.24, 2.45) is 0 Å². The molecule has 3 aromatic carbocycles. The molecule has 32 heavy (non-hydrogen) atoms. The smallest absolute Gasteiger partial charge is 0.214 e. The Bertz CT molecular complexity index is 1100. The first-order valence-electron chi connectivity index (χ1n) is 9.91. The second kappa shape index (κ2) is 12.2. The third kappa shape index (κ3) is 6.78. The zero-order valence-electron chi connectivity index (χ0n) is 17.2. The maximum absolute atomic E-state index is 13.0. The highest BCUT2D eigenvalue weighted by Crippen LogP contribution is 2.18. The Hall–Kier alpha value is -2.94. The Morgan fingerprint density at radius 3 is 2.56 bits per heavy atom. The Balaban J connectivity index is 0.00000289. The summed E-state index contributed by atoms with van der Waals surface area (Å²) in [7, 11) is 0. The van der Waals surface area contributed by atoms with Gasteiger partial charge in [0.25, 0.3) is 0 Å². The Kier molecular flexibility index (Phi) is 9.03. The monoisotopic (exact) mass is 470 g/mol. The average Bonchev–Trinajstić information content (AvgIpc) is 3.28. The highest BCUT2D eigenvalue weighted by molar-refractivity contribution is 7.99. The molecule has 0 fully saturated rings. The fraction of sp³-hybridized carbons (Fsp3) is 0.174. The normalized spacial score (nSPS) is 10.5. The zero-order valence-corrected chi connectivity index (χ0v) is 18.8. The topological polar surface area (TPSA) is 64.9 Å². The van der Waals surface area contributed by atoms with Crippen LogP contribution in [0.25, 0.3) is 5.69 Å². The SMILES string of the molecule is Fc1ccc(COc2cccc(CNCCSc3nnnn3-c3ccccc3)c2)cc1.[Cl-]. The van der Waals surface area contributed by atoms with Gasteiger partial charge < -0.3 is 22.5 Å². The molecule has 0 aliphatic rings. The van der Waals surface area contributed by atoms with Gasteiger partial charge in [-0.3, -0.25) is 0 Å². The molecule has 0 saturated heterocycles. The summed E-state index contributed by atoms with van der Waals surface area (Å²) in [5.41, 5.74) is 3.01. The zero-order chi connectivity index (χ0) is 21.3. The van der Waals surface area contributed by atoms with Crippen LogP contribution in [-0.4, -0.2) is 32.5 Å². The van der Waals surface area contributed by atoms with Crippen LogP contribution >= 0.6 is 11.8 Å². The van der Waals surface area contributed by atoms with Gasteiger partial charge in [0, 0.05) is 18.8 Å². The van der Waals surface area contributed by atoms with Crippen molar-refractivity contribution in [3.8, 4) is 11.4 Å². The number of nitrogens with zero attached hydrogens (tertiary/aromatic N) is 4. The lowest BCUT2D eigenvalue weighted by molar-refractivity contribution is -0.00000733. The fourth-order valence-electron chi connectivity index (χ4n) is 2.94. The molecule has 0 spiro atoms. The van der Waals surface area contributed by atoms with Gasteiger partial charge >= 0.3 is 0 Å². The van der Waals surface area contributed by atoms with Crippen molar-refractivity contribution >= 4 is 11.8 Å². The summed E-state index contributed by atoms with van der Waals surface area (Å²) >= 11 is 1.61. The third-order valence-electron chi connectivity index (χ3n) is 4.50. The number of benzene rings is 3. The molecule has 0 unspecified atom stereocenters. The lowest BCUT2D eigenvalue weighted by atomic mass is 10.2. The van der Waals surface area contributed by atoms with Crippen molar-refractivity contribution in [1.82, 2.24) is 25.5 Å². The lowest BCUT2D eigenvalue weighted by Crippen LogP contribution is -3.00. The largest absolute Gasteiger partial charge is 1.00 e. The molecular weight excluding hydrogens is 449 g/mol. The summed E-state index contributed by atoms with van der Waals surface area (Å²) in [6, 6.07) is 24.1. The van der Waals surface area contributed by atoms with Crippen LogP contribution in [0.15, 0.2) is 84.0 Å². The summed E-state index contributed by atoms with van der Waals surface area (Å²) < 4.78 is 20.6. The molecule has 1 heterocycles. The predicted octanol–water partition coefficient (Wildman–Crippen LogP) is 1.27. The first-order valence-corrected chi connectivity index (χ1v) is 10.9. The van der Waals surface area contributed by atoms with E-state index in [0.717, 1.165) is 46.6 Å². The molecule has 0 atom stereocenters. The van der Waals surface area contributed by atoms with Gasteiger partial charge in [0.05, 0.1) is 5.69 Å². The van der Waals surface area contributed by atoms with Crippen LogP contribution in [0.5, 0.6) is 5.75 Å². The van der Waals surface area contributed by atoms with Crippen molar-refractivity contribution in [3.05, 3.63) is 95.8 Å². The van der Waals surface area contributed by atoms with E-state index in [-0.39, 0.29) is 18.2 Å². The number of ether oxygens (including phenoxy) is 1. The van der Waals surface area contributed by atoms with Crippen molar-refractivity contribution < 1.29 is 21.5 Å². The van der Waals surface area contributed by atoms with Gasteiger partial charge in [0.2, 0.25) is 5.16 Å². The van der Waals surface area contributed by atoms with Gasteiger partial charge in [0.15, 0.2) is 0 Å². The number of nitrogens with one attached hydrogen (secondary N) is 1. The molecule has 1 aromatic heterocycles. The van der Waals surface area contributed by atoms with Crippen LogP contribution in [0.2, 0.25) is 0 Å². The van der Waals surface area contributed by atoms with Crippen LogP contribution in [0.3, 0.4) is 0 Å². The van der Waals surface area contributed by atoms with E-state index < -0.39 is 0 Å². The highest BCUT2D eigenvalue weighted by atomic mass is 35.5. The molecule has 0 aliphatic heterocycles. The van der Waals surface area contributed by atoms with Gasteiger partial charge in [-0.15, -0.1) is 5.10 Å². The van der Waals surface area contributed by atoms with Crippen molar-refractivity contribution in [2.45, 2.75) is 18.3 Å². The van der Waals surface area contributed by atoms with E-state index in [9.17, 15) is 4.39 Å². The second-order valence-corrected chi connectivity index (χ2v) is 7.86. The third-order valence-corrected chi connectivity index (χ3v) is 5.42. The lowest BCUT2D eigenvalue weighted by Gasteiger charge is -2.09. The molecule has 0 amide bonds. The molecule has 9 heteroatoms. The van der Waals surface area contributed by atoms with Gasteiger partial charge in [-0.2, -0.15) is 4.68 Å². The van der Waals surface area contributed by atoms with Gasteiger partial charge in [-0.1, -0.05) is 54.2 Å². The van der Waals surface area contributed by atoms with Gasteiger partial charge in [-0.25, -0.2) is 4.39 Å². The van der Waals surface area contributed by atoms with Crippen LogP contribution in [0, 0.1) is 5.82 Å². The van der Waals surface area contributed by atoms with E-state index in [1.54, 1.807) is 28.6 Å². The van der Waals surface area contributed by atoms with Crippen LogP contribution in [-0.2, 0) is 13.2 Å². The molecule has 0 aliphatic carbocycles. The van der Waals surface area contributed by atoms with Gasteiger partial charge in [0.1, 0.15) is 18.2 Å². The van der Waals surface area contributed by atoms with Crippen LogP contribution in [0.1, 0.15) is 11.1 Å². The second-order valence-electron chi connectivity index (χ2n) is 6.80. The molecule has 0 saturated carbocycles. The number of para-hydroxylation sites is 1. The summed E-state index contributed by atoms with van der Waals surface area (Å²) in [6.45, 7) is 1.95. The van der Waals surface area contributed by atoms with Crippen LogP contribution < -0.4 is 22.5 Å². The standard InChI is InChI=1S/C23H22FN5OS.ClH/c24-20-11-9-18(10-12-20)17-30-22-8-4-5-19(15-22)16-25-13-14-31-23-26-27-28-29(23)21-6-2-1-3-7-21;/h1-12,15,25H,13-14,16-17H2;1H/p-1. The fourth-order valence-corrected chi connectivity index (χ4v) is 3.73. The van der Waals surface area contributed by atoms with Crippen molar-refractivity contribution in [1.29, 1.82) is 0 Å². The maximum atomic E-state index is 13.0. The molecule has 6 nitrogen and oxygen atoms in total. The molecule has 4 rings (SSSR count). The van der Waals surface area contributed by atoms with E-state index in [4.69, 9.17) is 4.74 Å². The molecular formula is C23H22ClFN5OS-. The van der Waals surface area contributed by atoms with E-state index in [1.807, 2.05) is 48.5 Å². The Morgan fingerprint density at radius 2 is 1.75 bits per heavy atom. The number of thioether (sulfide) groups is 1. The minimum Gasteiger partial charge on any atom is -1.00 e. The van der Waals surface area contributed by atoms with E-state index >= 15 is 0 Å². The number of hydrogen-bond donors (Lipinski definition) is 1. The quantitative estimate of drug-likeness (QED) is 0.278. The van der Waals surface area contributed by atoms with Crippen LogP contribution in [0.4, 0.5) is 4.39 Å². The highest BCUT2D eigenvalue weighted by Gasteiger charge is 2.08. The number of rotatable bonds is 10. The Labute approximate surface area is 196 Å². The average molecular weight is 471 g/mol. The number of halogens is 2. The first-order chi connectivity index (χ1) is 15.3. The Morgan fingerprint density at radius 1 is 0.938 bits per heavy atom. The summed E-state index contributed by atoms with van der Waals surface area (Å²) in [5, 5.41) is 16.2. The van der Waals surface area contributed by atoms with Crippen molar-refractivity contribution in [2.75, 3.05) is 12.3 Å². The van der Waals surface area contributed by atoms with E-state index in [1.165, 1.54) is 12.1 Å². The summed E-state index contributed by atoms with van der Waals surface area (Å²) in [4.78, 5) is 0.